The Morgan fingerprint density at radius 3 is 2.23 bits per heavy atom. The quantitative estimate of drug-likeness (QED) is 0.331. The van der Waals surface area contributed by atoms with E-state index in [1.165, 1.54) is 33.1 Å². The zero-order chi connectivity index (χ0) is 23.0. The summed E-state index contributed by atoms with van der Waals surface area (Å²) in [4.78, 5) is 38.4. The van der Waals surface area contributed by atoms with Gasteiger partial charge in [0.15, 0.2) is 27.2 Å². The number of hydrogen-bond acceptors (Lipinski definition) is 9. The Hall–Kier alpha value is -2.11. The molecule has 166 valence electrons. The van der Waals surface area contributed by atoms with Crippen LogP contribution in [0.15, 0.2) is 17.0 Å². The molecule has 0 radical (unpaired) electrons. The maximum Gasteiger partial charge on any atom is 0.264 e. The van der Waals surface area contributed by atoms with Crippen LogP contribution in [-0.2, 0) is 33.7 Å². The molecule has 0 saturated heterocycles. The minimum atomic E-state index is -3.74. The van der Waals surface area contributed by atoms with Crippen LogP contribution in [0, 0.1) is 24.7 Å². The van der Waals surface area contributed by atoms with Gasteiger partial charge in [-0.05, 0) is 19.1 Å². The molecule has 0 N–H and O–H groups in total. The Morgan fingerprint density at radius 2 is 1.73 bits per heavy atom. The highest BCUT2D eigenvalue weighted by Gasteiger charge is 2.45. The highest BCUT2D eigenvalue weighted by molar-refractivity contribution is 7.90. The first-order valence-electron chi connectivity index (χ1n) is 9.01. The van der Waals surface area contributed by atoms with Gasteiger partial charge in [0.05, 0.1) is 20.0 Å². The number of benzene rings is 1. The van der Waals surface area contributed by atoms with Gasteiger partial charge in [0, 0.05) is 35.6 Å². The molecule has 0 aliphatic heterocycles. The summed E-state index contributed by atoms with van der Waals surface area (Å²) in [5.41, 5.74) is 0.227. The van der Waals surface area contributed by atoms with Crippen molar-refractivity contribution in [1.82, 2.24) is 0 Å². The minimum Gasteiger partial charge on any atom is -0.495 e. The second-order valence-electron chi connectivity index (χ2n) is 7.45. The fourth-order valence-corrected chi connectivity index (χ4v) is 4.84. The van der Waals surface area contributed by atoms with Crippen molar-refractivity contribution in [2.45, 2.75) is 25.2 Å². The van der Waals surface area contributed by atoms with Crippen LogP contribution in [0.2, 0.25) is 0 Å². The van der Waals surface area contributed by atoms with Gasteiger partial charge in [0.1, 0.15) is 16.6 Å². The van der Waals surface area contributed by atoms with Crippen LogP contribution in [0.3, 0.4) is 0 Å². The predicted octanol–water partition coefficient (Wildman–Crippen LogP) is 0.976. The van der Waals surface area contributed by atoms with Crippen molar-refractivity contribution < 1.29 is 40.1 Å². The van der Waals surface area contributed by atoms with Crippen molar-refractivity contribution >= 4 is 37.3 Å². The van der Waals surface area contributed by atoms with Crippen LogP contribution in [0.25, 0.3) is 0 Å². The number of rotatable bonds is 7. The monoisotopic (exact) mass is 460 g/mol. The van der Waals surface area contributed by atoms with Gasteiger partial charge in [-0.2, -0.15) is 8.42 Å². The highest BCUT2D eigenvalue weighted by atomic mass is 32.2. The van der Waals surface area contributed by atoms with Crippen LogP contribution >= 0.6 is 0 Å². The molecule has 30 heavy (non-hydrogen) atoms. The van der Waals surface area contributed by atoms with Crippen LogP contribution in [0.5, 0.6) is 5.75 Å². The lowest BCUT2D eigenvalue weighted by Crippen LogP contribution is -2.45. The van der Waals surface area contributed by atoms with Gasteiger partial charge < -0.3 is 4.74 Å². The van der Waals surface area contributed by atoms with Crippen molar-refractivity contribution in [3.63, 3.8) is 0 Å². The third-order valence-electron chi connectivity index (χ3n) is 5.22. The zero-order valence-corrected chi connectivity index (χ0v) is 18.9. The number of sulfone groups is 1. The van der Waals surface area contributed by atoms with E-state index < -0.39 is 55.1 Å². The van der Waals surface area contributed by atoms with Crippen molar-refractivity contribution in [1.29, 1.82) is 0 Å². The van der Waals surface area contributed by atoms with E-state index in [1.807, 2.05) is 0 Å². The maximum absolute atomic E-state index is 13.1. The van der Waals surface area contributed by atoms with E-state index in [0.29, 0.717) is 0 Å². The van der Waals surface area contributed by atoms with Crippen LogP contribution < -0.4 is 4.74 Å². The summed E-state index contributed by atoms with van der Waals surface area (Å²) < 4.78 is 56.1. The van der Waals surface area contributed by atoms with E-state index in [-0.39, 0.29) is 34.8 Å². The Kier molecular flexibility index (Phi) is 6.89. The molecule has 11 heteroatoms. The summed E-state index contributed by atoms with van der Waals surface area (Å²) >= 11 is 0. The standard InChI is InChI=1S/C19H24O9S2/c1-10-12(9-28-30(5,25)26)8-14(20)16(17(10)21)18(22)13-6-7-15(29(4,23)24)19(27-3)11(13)2/h6-7,10,12,16H,8-9H2,1-5H3. The largest absolute Gasteiger partial charge is 0.495 e. The Balaban J connectivity index is 2.38. The number of carbonyl (C=O) groups excluding carboxylic acids is 3. The third-order valence-corrected chi connectivity index (χ3v) is 6.91. The third kappa shape index (κ3) is 4.96. The van der Waals surface area contributed by atoms with Crippen molar-refractivity contribution in [3.8, 4) is 5.75 Å². The number of carbonyl (C=O) groups is 3. The molecule has 1 saturated carbocycles. The first-order chi connectivity index (χ1) is 13.7. The second kappa shape index (κ2) is 8.56. The average Bonchev–Trinajstić information content (AvgIpc) is 2.61. The fourth-order valence-electron chi connectivity index (χ4n) is 3.53. The van der Waals surface area contributed by atoms with E-state index in [4.69, 9.17) is 8.92 Å². The predicted molar refractivity (Wildman–Crippen MR) is 107 cm³/mol. The summed E-state index contributed by atoms with van der Waals surface area (Å²) in [6.07, 6.45) is 1.68. The van der Waals surface area contributed by atoms with E-state index >= 15 is 0 Å². The van der Waals surface area contributed by atoms with E-state index in [9.17, 15) is 31.2 Å². The summed E-state index contributed by atoms with van der Waals surface area (Å²) in [5.74, 6) is -4.98. The molecule has 0 aromatic heterocycles. The van der Waals surface area contributed by atoms with E-state index in [0.717, 1.165) is 12.5 Å². The van der Waals surface area contributed by atoms with Gasteiger partial charge in [-0.25, -0.2) is 8.42 Å². The molecule has 3 atom stereocenters. The van der Waals surface area contributed by atoms with Gasteiger partial charge in [0.2, 0.25) is 0 Å². The van der Waals surface area contributed by atoms with Gasteiger partial charge in [-0.15, -0.1) is 0 Å². The lowest BCUT2D eigenvalue weighted by Gasteiger charge is -2.31. The van der Waals surface area contributed by atoms with E-state index in [1.54, 1.807) is 0 Å². The number of Topliss-reactive ketones (excluding diaryl/α,β-unsaturated/α-hetero) is 3. The van der Waals surface area contributed by atoms with Gasteiger partial charge in [-0.3, -0.25) is 18.6 Å². The first kappa shape index (κ1) is 24.2. The smallest absolute Gasteiger partial charge is 0.264 e. The van der Waals surface area contributed by atoms with Crippen molar-refractivity contribution in [2.75, 3.05) is 26.2 Å². The van der Waals surface area contributed by atoms with E-state index in [2.05, 4.69) is 0 Å². The van der Waals surface area contributed by atoms with Crippen LogP contribution in [-0.4, -0.2) is 60.4 Å². The number of methoxy groups -OCH3 is 1. The lowest BCUT2D eigenvalue weighted by molar-refractivity contribution is -0.139. The molecular weight excluding hydrogens is 436 g/mol. The molecule has 9 nitrogen and oxygen atoms in total. The maximum atomic E-state index is 13.1. The molecule has 1 aromatic carbocycles. The second-order valence-corrected chi connectivity index (χ2v) is 11.1. The molecule has 1 aliphatic rings. The van der Waals surface area contributed by atoms with Crippen molar-refractivity contribution in [2.24, 2.45) is 17.8 Å². The molecule has 1 aromatic rings. The molecule has 0 heterocycles. The van der Waals surface area contributed by atoms with Crippen LogP contribution in [0.4, 0.5) is 0 Å². The van der Waals surface area contributed by atoms with Crippen molar-refractivity contribution in [3.05, 3.63) is 23.3 Å². The van der Waals surface area contributed by atoms with Gasteiger partial charge in [-0.1, -0.05) is 6.92 Å². The Labute approximate surface area is 175 Å². The molecule has 1 aliphatic carbocycles. The number of hydrogen-bond donors (Lipinski definition) is 0. The topological polar surface area (TPSA) is 138 Å². The van der Waals surface area contributed by atoms with Gasteiger partial charge in [0.25, 0.3) is 10.1 Å². The lowest BCUT2D eigenvalue weighted by atomic mass is 9.71. The Morgan fingerprint density at radius 1 is 1.13 bits per heavy atom. The Bertz CT molecular complexity index is 1100. The molecule has 0 bridgehead atoms. The fraction of sp³-hybridized carbons (Fsp3) is 0.526. The molecular formula is C19H24O9S2. The highest BCUT2D eigenvalue weighted by Crippen LogP contribution is 2.35. The molecule has 3 unspecified atom stereocenters. The summed E-state index contributed by atoms with van der Waals surface area (Å²) in [6.45, 7) is 2.67. The zero-order valence-electron chi connectivity index (χ0n) is 17.3. The first-order valence-corrected chi connectivity index (χ1v) is 12.7. The average molecular weight is 461 g/mol. The summed E-state index contributed by atoms with van der Waals surface area (Å²) in [7, 11) is -6.10. The molecule has 1 fully saturated rings. The SMILES string of the molecule is COc1c(S(C)(=O)=O)ccc(C(=O)C2C(=O)CC(COS(C)(=O)=O)C(C)C2=O)c1C. The molecule has 0 amide bonds. The minimum absolute atomic E-state index is 0.0176. The number of ketones is 3. The number of ether oxygens (including phenoxy) is 1. The summed E-state index contributed by atoms with van der Waals surface area (Å²) in [6, 6.07) is 2.47. The molecule has 2 rings (SSSR count). The summed E-state index contributed by atoms with van der Waals surface area (Å²) in [5, 5.41) is 0. The van der Waals surface area contributed by atoms with Gasteiger partial charge >= 0.3 is 0 Å². The molecule has 0 spiro atoms. The normalized spacial score (nSPS) is 22.8. The van der Waals surface area contributed by atoms with Crippen LogP contribution in [0.1, 0.15) is 29.3 Å².